The smallest absolute Gasteiger partial charge is 0.272 e. The minimum absolute atomic E-state index is 0.496. The Labute approximate surface area is 156 Å². The van der Waals surface area contributed by atoms with Gasteiger partial charge < -0.3 is 5.32 Å². The van der Waals surface area contributed by atoms with E-state index in [2.05, 4.69) is 55.5 Å². The normalized spacial score (nSPS) is 11.1. The Hall–Kier alpha value is -3.42. The molecule has 0 amide bonds. The fourth-order valence-corrected chi connectivity index (χ4v) is 2.85. The molecular formula is C19H20N8. The van der Waals surface area contributed by atoms with Gasteiger partial charge >= 0.3 is 0 Å². The Kier molecular flexibility index (Phi) is 4.23. The summed E-state index contributed by atoms with van der Waals surface area (Å²) in [6.45, 7) is 8.09. The Balaban J connectivity index is 1.73. The van der Waals surface area contributed by atoms with Crippen LogP contribution < -0.4 is 5.32 Å². The maximum absolute atomic E-state index is 4.62. The number of benzene rings is 1. The highest BCUT2D eigenvalue weighted by Crippen LogP contribution is 2.23. The number of hydrogen-bond acceptors (Lipinski definition) is 7. The van der Waals surface area contributed by atoms with E-state index in [-0.39, 0.29) is 0 Å². The van der Waals surface area contributed by atoms with Crippen molar-refractivity contribution in [1.82, 2.24) is 34.8 Å². The number of nitrogens with one attached hydrogen (secondary N) is 1. The van der Waals surface area contributed by atoms with E-state index >= 15 is 0 Å². The third kappa shape index (κ3) is 3.10. The van der Waals surface area contributed by atoms with Gasteiger partial charge in [-0.15, -0.1) is 15.3 Å². The molecule has 3 heterocycles. The lowest BCUT2D eigenvalue weighted by Gasteiger charge is -2.11. The standard InChI is InChI=1S/C19H20N8/c1-5-16-23-19-25-24-17(13(4)27(19)26-16)15-9-10-20-18(22-15)21-14-8-6-7-11(2)12(14)3/h6-10H,5H2,1-4H3,(H,20,21,22). The predicted octanol–water partition coefficient (Wildman–Crippen LogP) is 3.21. The van der Waals surface area contributed by atoms with Crippen LogP contribution in [0.5, 0.6) is 0 Å². The predicted molar refractivity (Wildman–Crippen MR) is 103 cm³/mol. The van der Waals surface area contributed by atoms with Crippen molar-refractivity contribution in [3.8, 4) is 11.4 Å². The second-order valence-corrected chi connectivity index (χ2v) is 6.37. The van der Waals surface area contributed by atoms with Crippen LogP contribution in [0.3, 0.4) is 0 Å². The van der Waals surface area contributed by atoms with E-state index in [1.165, 1.54) is 11.1 Å². The summed E-state index contributed by atoms with van der Waals surface area (Å²) in [5.74, 6) is 1.75. The van der Waals surface area contributed by atoms with E-state index in [1.807, 2.05) is 32.0 Å². The second kappa shape index (κ2) is 6.71. The average Bonchev–Trinajstić information content (AvgIpc) is 3.10. The highest BCUT2D eigenvalue weighted by molar-refractivity contribution is 5.63. The van der Waals surface area contributed by atoms with Gasteiger partial charge in [-0.05, 0) is 44.0 Å². The van der Waals surface area contributed by atoms with E-state index in [9.17, 15) is 0 Å². The van der Waals surface area contributed by atoms with Crippen LogP contribution in [0.4, 0.5) is 11.6 Å². The first kappa shape index (κ1) is 17.0. The van der Waals surface area contributed by atoms with Crippen molar-refractivity contribution in [3.05, 3.63) is 53.1 Å². The van der Waals surface area contributed by atoms with Crippen LogP contribution in [0.25, 0.3) is 17.2 Å². The third-order valence-electron chi connectivity index (χ3n) is 4.60. The summed E-state index contributed by atoms with van der Waals surface area (Å²) in [6, 6.07) is 7.91. The molecule has 0 aliphatic rings. The fraction of sp³-hybridized carbons (Fsp3) is 0.263. The maximum Gasteiger partial charge on any atom is 0.272 e. The number of hydrogen-bond donors (Lipinski definition) is 1. The van der Waals surface area contributed by atoms with Crippen LogP contribution in [0.2, 0.25) is 0 Å². The Morgan fingerprint density at radius 2 is 1.89 bits per heavy atom. The van der Waals surface area contributed by atoms with Gasteiger partial charge in [0.2, 0.25) is 5.95 Å². The number of aromatic nitrogens is 7. The highest BCUT2D eigenvalue weighted by Gasteiger charge is 2.14. The molecule has 0 saturated heterocycles. The quantitative estimate of drug-likeness (QED) is 0.597. The molecule has 0 fully saturated rings. The summed E-state index contributed by atoms with van der Waals surface area (Å²) in [4.78, 5) is 13.3. The first-order valence-corrected chi connectivity index (χ1v) is 8.82. The van der Waals surface area contributed by atoms with Crippen molar-refractivity contribution < 1.29 is 0 Å². The molecule has 3 aromatic heterocycles. The lowest BCUT2D eigenvalue weighted by Crippen LogP contribution is -2.05. The molecule has 8 heteroatoms. The summed E-state index contributed by atoms with van der Waals surface area (Å²) >= 11 is 0. The highest BCUT2D eigenvalue weighted by atomic mass is 15.4. The van der Waals surface area contributed by atoms with Crippen LogP contribution >= 0.6 is 0 Å². The molecule has 8 nitrogen and oxygen atoms in total. The molecule has 1 N–H and O–H groups in total. The third-order valence-corrected chi connectivity index (χ3v) is 4.60. The molecule has 0 spiro atoms. The summed E-state index contributed by atoms with van der Waals surface area (Å²) < 4.78 is 1.71. The lowest BCUT2D eigenvalue weighted by atomic mass is 10.1. The Bertz CT molecular complexity index is 1130. The molecule has 1 aromatic carbocycles. The molecule has 0 aliphatic heterocycles. The van der Waals surface area contributed by atoms with E-state index in [1.54, 1.807) is 10.7 Å². The summed E-state index contributed by atoms with van der Waals surface area (Å²) in [5.41, 5.74) is 5.53. The van der Waals surface area contributed by atoms with Crippen molar-refractivity contribution in [2.75, 3.05) is 5.32 Å². The van der Waals surface area contributed by atoms with Crippen molar-refractivity contribution in [2.24, 2.45) is 0 Å². The maximum atomic E-state index is 4.62. The van der Waals surface area contributed by atoms with Gasteiger partial charge in [-0.2, -0.15) is 9.50 Å². The minimum Gasteiger partial charge on any atom is -0.324 e. The van der Waals surface area contributed by atoms with Crippen molar-refractivity contribution >= 4 is 17.4 Å². The molecule has 0 bridgehead atoms. The van der Waals surface area contributed by atoms with Crippen molar-refractivity contribution in [1.29, 1.82) is 0 Å². The number of nitrogens with zero attached hydrogens (tertiary/aromatic N) is 7. The SMILES string of the molecule is CCc1nc2nnc(-c3ccnc(Nc4cccc(C)c4C)n3)c(C)n2n1. The van der Waals surface area contributed by atoms with Gasteiger partial charge in [-0.25, -0.2) is 9.97 Å². The van der Waals surface area contributed by atoms with Crippen molar-refractivity contribution in [3.63, 3.8) is 0 Å². The molecular weight excluding hydrogens is 340 g/mol. The van der Waals surface area contributed by atoms with Crippen LogP contribution in [-0.2, 0) is 6.42 Å². The number of anilines is 2. The Morgan fingerprint density at radius 3 is 2.70 bits per heavy atom. The molecule has 136 valence electrons. The van der Waals surface area contributed by atoms with Crippen LogP contribution in [0.15, 0.2) is 30.5 Å². The molecule has 0 aliphatic carbocycles. The molecule has 0 saturated carbocycles. The molecule has 4 aromatic rings. The summed E-state index contributed by atoms with van der Waals surface area (Å²) in [6.07, 6.45) is 2.45. The minimum atomic E-state index is 0.496. The largest absolute Gasteiger partial charge is 0.324 e. The molecule has 27 heavy (non-hydrogen) atoms. The second-order valence-electron chi connectivity index (χ2n) is 6.37. The zero-order valence-electron chi connectivity index (χ0n) is 15.7. The number of fused-ring (bicyclic) bond motifs is 1. The molecule has 0 radical (unpaired) electrons. The van der Waals surface area contributed by atoms with Crippen LogP contribution in [0.1, 0.15) is 29.6 Å². The van der Waals surface area contributed by atoms with Gasteiger partial charge in [-0.3, -0.25) is 0 Å². The number of aryl methyl sites for hydroxylation is 3. The average molecular weight is 360 g/mol. The topological polar surface area (TPSA) is 93.8 Å². The van der Waals surface area contributed by atoms with Crippen LogP contribution in [-0.4, -0.2) is 34.8 Å². The van der Waals surface area contributed by atoms with Gasteiger partial charge in [0.15, 0.2) is 5.82 Å². The van der Waals surface area contributed by atoms with Gasteiger partial charge in [0.1, 0.15) is 5.69 Å². The van der Waals surface area contributed by atoms with Gasteiger partial charge in [0, 0.05) is 18.3 Å². The zero-order valence-corrected chi connectivity index (χ0v) is 15.7. The lowest BCUT2D eigenvalue weighted by molar-refractivity contribution is 0.827. The van der Waals surface area contributed by atoms with E-state index in [0.29, 0.717) is 23.1 Å². The zero-order chi connectivity index (χ0) is 19.0. The molecule has 0 unspecified atom stereocenters. The van der Waals surface area contributed by atoms with Gasteiger partial charge in [-0.1, -0.05) is 19.1 Å². The van der Waals surface area contributed by atoms with E-state index in [0.717, 1.165) is 23.6 Å². The van der Waals surface area contributed by atoms with E-state index < -0.39 is 0 Å². The molecule has 4 rings (SSSR count). The van der Waals surface area contributed by atoms with Crippen LogP contribution in [0, 0.1) is 20.8 Å². The first-order valence-electron chi connectivity index (χ1n) is 8.82. The monoisotopic (exact) mass is 360 g/mol. The van der Waals surface area contributed by atoms with E-state index in [4.69, 9.17) is 0 Å². The fourth-order valence-electron chi connectivity index (χ4n) is 2.85. The summed E-state index contributed by atoms with van der Waals surface area (Å²) in [5, 5.41) is 16.3. The summed E-state index contributed by atoms with van der Waals surface area (Å²) in [7, 11) is 0. The van der Waals surface area contributed by atoms with Crippen molar-refractivity contribution in [2.45, 2.75) is 34.1 Å². The Morgan fingerprint density at radius 1 is 1.04 bits per heavy atom. The number of rotatable bonds is 4. The molecule has 0 atom stereocenters. The first-order chi connectivity index (χ1) is 13.1. The van der Waals surface area contributed by atoms with Gasteiger partial charge in [0.25, 0.3) is 5.78 Å². The van der Waals surface area contributed by atoms with Gasteiger partial charge in [0.05, 0.1) is 11.4 Å².